The first-order chi connectivity index (χ1) is 18.3. The number of fused-ring (bicyclic) bond motifs is 1. The van der Waals surface area contributed by atoms with E-state index in [1.165, 1.54) is 6.42 Å². The van der Waals surface area contributed by atoms with E-state index in [0.29, 0.717) is 10.7 Å². The zero-order valence-corrected chi connectivity index (χ0v) is 23.0. The number of anilines is 1. The number of carbonyl (C=O) groups is 3. The normalized spacial score (nSPS) is 36.4. The number of amides is 3. The number of carbonyl (C=O) groups excluding carboxylic acids is 3. The second kappa shape index (κ2) is 9.98. The Morgan fingerprint density at radius 2 is 1.79 bits per heavy atom. The molecule has 2 aliphatic carbocycles. The van der Waals surface area contributed by atoms with Crippen molar-refractivity contribution in [2.24, 2.45) is 17.8 Å². The zero-order valence-electron chi connectivity index (χ0n) is 22.3. The van der Waals surface area contributed by atoms with E-state index in [9.17, 15) is 14.4 Å². The molecular formula is C30H38ClN3O4. The molecule has 2 N–H and O–H groups in total. The van der Waals surface area contributed by atoms with Gasteiger partial charge in [0.15, 0.2) is 0 Å². The first-order valence-electron chi connectivity index (χ1n) is 14.4. The molecule has 204 valence electrons. The number of benzene rings is 1. The summed E-state index contributed by atoms with van der Waals surface area (Å²) in [5, 5.41) is 6.83. The third kappa shape index (κ3) is 4.17. The standard InChI is InChI=1S/C30H38ClN3O4/c1-17-12-13-20(16-21(17)31)33-27(35)24-23-14-15-30(38-23)25(24)29(37)34(22-11-7-6-8-18(22)2)26(30)28(36)32-19-9-4-3-5-10-19/h12-16,18-19,22-26H,3-11H2,1-2H3,(H,32,36)(H,33,35)/t18-,22+,23-,24+,25-,26-,30-/m0/s1. The average molecular weight is 540 g/mol. The number of nitrogens with one attached hydrogen (secondary N) is 2. The molecule has 3 amide bonds. The van der Waals surface area contributed by atoms with Crippen molar-refractivity contribution in [1.29, 1.82) is 0 Å². The number of halogens is 1. The van der Waals surface area contributed by atoms with E-state index < -0.39 is 29.6 Å². The fraction of sp³-hybridized carbons (Fsp3) is 0.633. The molecule has 0 aromatic heterocycles. The molecule has 5 aliphatic rings. The molecule has 3 heterocycles. The molecule has 4 fully saturated rings. The lowest BCUT2D eigenvalue weighted by atomic mass is 9.74. The largest absolute Gasteiger partial charge is 0.359 e. The van der Waals surface area contributed by atoms with Crippen LogP contribution in [0.2, 0.25) is 5.02 Å². The van der Waals surface area contributed by atoms with E-state index in [1.54, 1.807) is 6.07 Å². The monoisotopic (exact) mass is 539 g/mol. The fourth-order valence-corrected chi connectivity index (χ4v) is 7.88. The first kappa shape index (κ1) is 25.9. The number of hydrogen-bond donors (Lipinski definition) is 2. The van der Waals surface area contributed by atoms with Crippen LogP contribution in [0.15, 0.2) is 30.4 Å². The quantitative estimate of drug-likeness (QED) is 0.528. The summed E-state index contributed by atoms with van der Waals surface area (Å²) in [5.41, 5.74) is 0.385. The molecule has 2 saturated heterocycles. The molecule has 1 spiro atoms. The molecule has 8 heteroatoms. The van der Waals surface area contributed by atoms with Gasteiger partial charge in [0.05, 0.1) is 17.9 Å². The van der Waals surface area contributed by atoms with Gasteiger partial charge in [0.25, 0.3) is 0 Å². The van der Waals surface area contributed by atoms with Crippen LogP contribution in [-0.2, 0) is 19.1 Å². The lowest BCUT2D eigenvalue weighted by Crippen LogP contribution is -2.59. The Kier molecular flexibility index (Phi) is 6.79. The number of ether oxygens (including phenoxy) is 1. The Labute approximate surface area is 229 Å². The van der Waals surface area contributed by atoms with E-state index >= 15 is 0 Å². The summed E-state index contributed by atoms with van der Waals surface area (Å²) in [5.74, 6) is -1.68. The Morgan fingerprint density at radius 3 is 2.53 bits per heavy atom. The minimum Gasteiger partial charge on any atom is -0.359 e. The number of hydrogen-bond acceptors (Lipinski definition) is 4. The van der Waals surface area contributed by atoms with Crippen LogP contribution >= 0.6 is 11.6 Å². The molecule has 2 saturated carbocycles. The van der Waals surface area contributed by atoms with Crippen LogP contribution in [0.25, 0.3) is 0 Å². The maximum atomic E-state index is 14.3. The molecular weight excluding hydrogens is 502 g/mol. The van der Waals surface area contributed by atoms with Crippen LogP contribution in [0.4, 0.5) is 5.69 Å². The second-order valence-corrected chi connectivity index (χ2v) is 12.5. The highest BCUT2D eigenvalue weighted by molar-refractivity contribution is 6.31. The molecule has 38 heavy (non-hydrogen) atoms. The summed E-state index contributed by atoms with van der Waals surface area (Å²) >= 11 is 6.29. The van der Waals surface area contributed by atoms with Crippen molar-refractivity contribution >= 4 is 35.0 Å². The van der Waals surface area contributed by atoms with Crippen molar-refractivity contribution in [3.8, 4) is 0 Å². The third-order valence-corrected chi connectivity index (χ3v) is 10.1. The van der Waals surface area contributed by atoms with Gasteiger partial charge in [-0.05, 0) is 56.2 Å². The number of aryl methyl sites for hydroxylation is 1. The summed E-state index contributed by atoms with van der Waals surface area (Å²) in [6.45, 7) is 4.08. The fourth-order valence-electron chi connectivity index (χ4n) is 7.70. The molecule has 2 bridgehead atoms. The lowest BCUT2D eigenvalue weighted by molar-refractivity contribution is -0.146. The zero-order chi connectivity index (χ0) is 26.6. The van der Waals surface area contributed by atoms with Gasteiger partial charge in [0.2, 0.25) is 17.7 Å². The van der Waals surface area contributed by atoms with E-state index in [4.69, 9.17) is 16.3 Å². The smallest absolute Gasteiger partial charge is 0.246 e. The highest BCUT2D eigenvalue weighted by Crippen LogP contribution is 2.56. The van der Waals surface area contributed by atoms with Crippen molar-refractivity contribution in [2.45, 2.75) is 101 Å². The van der Waals surface area contributed by atoms with Gasteiger partial charge in [-0.25, -0.2) is 0 Å². The lowest BCUT2D eigenvalue weighted by Gasteiger charge is -2.42. The molecule has 0 radical (unpaired) electrons. The maximum absolute atomic E-state index is 14.3. The van der Waals surface area contributed by atoms with Crippen LogP contribution in [0.1, 0.15) is 70.3 Å². The van der Waals surface area contributed by atoms with Gasteiger partial charge in [-0.1, -0.05) is 68.8 Å². The van der Waals surface area contributed by atoms with Gasteiger partial charge in [-0.2, -0.15) is 0 Å². The van der Waals surface area contributed by atoms with Crippen molar-refractivity contribution < 1.29 is 19.1 Å². The highest BCUT2D eigenvalue weighted by atomic mass is 35.5. The van der Waals surface area contributed by atoms with Crippen LogP contribution in [-0.4, -0.2) is 52.5 Å². The first-order valence-corrected chi connectivity index (χ1v) is 14.7. The molecule has 7 atom stereocenters. The molecule has 6 rings (SSSR count). The summed E-state index contributed by atoms with van der Waals surface area (Å²) in [6, 6.07) is 4.72. The molecule has 0 unspecified atom stereocenters. The molecule has 7 nitrogen and oxygen atoms in total. The van der Waals surface area contributed by atoms with Gasteiger partial charge in [-0.3, -0.25) is 14.4 Å². The summed E-state index contributed by atoms with van der Waals surface area (Å²) < 4.78 is 6.53. The van der Waals surface area contributed by atoms with Crippen molar-refractivity contribution in [3.63, 3.8) is 0 Å². The van der Waals surface area contributed by atoms with Crippen molar-refractivity contribution in [2.75, 3.05) is 5.32 Å². The van der Waals surface area contributed by atoms with Crippen LogP contribution < -0.4 is 10.6 Å². The van der Waals surface area contributed by atoms with Gasteiger partial charge in [-0.15, -0.1) is 0 Å². The summed E-state index contributed by atoms with van der Waals surface area (Å²) in [7, 11) is 0. The highest BCUT2D eigenvalue weighted by Gasteiger charge is 2.73. The van der Waals surface area contributed by atoms with Crippen molar-refractivity contribution in [3.05, 3.63) is 40.9 Å². The molecule has 1 aromatic carbocycles. The van der Waals surface area contributed by atoms with Gasteiger partial charge < -0.3 is 20.3 Å². The minimum absolute atomic E-state index is 0.0333. The molecule has 1 aromatic rings. The topological polar surface area (TPSA) is 87.7 Å². The summed E-state index contributed by atoms with van der Waals surface area (Å²) in [4.78, 5) is 43.9. The average Bonchev–Trinajstić information content (AvgIpc) is 3.54. The Balaban J connectivity index is 1.33. The Hall–Kier alpha value is -2.38. The third-order valence-electron chi connectivity index (χ3n) is 9.68. The number of rotatable bonds is 5. The van der Waals surface area contributed by atoms with E-state index in [-0.39, 0.29) is 35.7 Å². The Morgan fingerprint density at radius 1 is 1.05 bits per heavy atom. The van der Waals surface area contributed by atoms with Gasteiger partial charge in [0, 0.05) is 22.8 Å². The second-order valence-electron chi connectivity index (χ2n) is 12.1. The van der Waals surface area contributed by atoms with Gasteiger partial charge >= 0.3 is 0 Å². The van der Waals surface area contributed by atoms with Gasteiger partial charge in [0.1, 0.15) is 11.6 Å². The predicted molar refractivity (Wildman–Crippen MR) is 146 cm³/mol. The summed E-state index contributed by atoms with van der Waals surface area (Å²) in [6.07, 6.45) is 12.7. The molecule has 3 aliphatic heterocycles. The van der Waals surface area contributed by atoms with Crippen molar-refractivity contribution in [1.82, 2.24) is 10.2 Å². The number of likely N-dealkylation sites (tertiary alicyclic amines) is 1. The van der Waals surface area contributed by atoms with Crippen LogP contribution in [0, 0.1) is 24.7 Å². The Bertz CT molecular complexity index is 1160. The minimum atomic E-state index is -1.12. The van der Waals surface area contributed by atoms with E-state index in [2.05, 4.69) is 17.6 Å². The van der Waals surface area contributed by atoms with E-state index in [1.807, 2.05) is 36.1 Å². The predicted octanol–water partition coefficient (Wildman–Crippen LogP) is 4.77. The van der Waals surface area contributed by atoms with Crippen LogP contribution in [0.3, 0.4) is 0 Å². The SMILES string of the molecule is Cc1ccc(NC(=O)[C@@H]2[C@@H]3C=C[C@]4(O3)[C@@H]2C(=O)N([C@@H]2CCCC[C@@H]2C)[C@H]4C(=O)NC2CCCCC2)cc1Cl. The maximum Gasteiger partial charge on any atom is 0.246 e. The van der Waals surface area contributed by atoms with E-state index in [0.717, 1.165) is 56.9 Å². The van der Waals surface area contributed by atoms with Crippen LogP contribution in [0.5, 0.6) is 0 Å². The number of nitrogens with zero attached hydrogens (tertiary/aromatic N) is 1.